The minimum atomic E-state index is -3.68. The van der Waals surface area contributed by atoms with E-state index in [1.807, 2.05) is 51.1 Å². The monoisotopic (exact) mass is 432 g/mol. The molecule has 0 aliphatic carbocycles. The molecule has 0 saturated heterocycles. The summed E-state index contributed by atoms with van der Waals surface area (Å²) in [4.78, 5) is 13.0. The van der Waals surface area contributed by atoms with E-state index in [0.717, 1.165) is 22.9 Å². The number of ether oxygens (including phenoxy) is 2. The van der Waals surface area contributed by atoms with Crippen molar-refractivity contribution in [2.75, 3.05) is 23.8 Å². The number of hydrogen-bond donors (Lipinski definition) is 1. The van der Waals surface area contributed by atoms with Gasteiger partial charge in [0.15, 0.2) is 11.5 Å². The van der Waals surface area contributed by atoms with Crippen molar-refractivity contribution in [3.8, 4) is 11.5 Å². The van der Waals surface area contributed by atoms with E-state index in [9.17, 15) is 13.2 Å². The molecule has 7 nitrogen and oxygen atoms in total. The Morgan fingerprint density at radius 3 is 2.37 bits per heavy atom. The first-order chi connectivity index (χ1) is 14.1. The fraction of sp³-hybridized carbons (Fsp3) is 0.409. The number of nitrogens with zero attached hydrogens (tertiary/aromatic N) is 1. The molecule has 0 unspecified atom stereocenters. The number of rotatable bonds is 6. The molecule has 0 fully saturated rings. The smallest absolute Gasteiger partial charge is 0.244 e. The highest BCUT2D eigenvalue weighted by Gasteiger charge is 2.31. The molecular formula is C22H28N2O5S. The van der Waals surface area contributed by atoms with E-state index in [2.05, 4.69) is 5.32 Å². The van der Waals surface area contributed by atoms with Crippen LogP contribution in [-0.4, -0.2) is 39.8 Å². The third-order valence-electron chi connectivity index (χ3n) is 5.12. The Labute approximate surface area is 178 Å². The first kappa shape index (κ1) is 22.0. The van der Waals surface area contributed by atoms with Crippen LogP contribution in [0.3, 0.4) is 0 Å². The molecule has 1 N–H and O–H groups in total. The van der Waals surface area contributed by atoms with Gasteiger partial charge in [0.25, 0.3) is 0 Å². The van der Waals surface area contributed by atoms with Crippen LogP contribution in [0.15, 0.2) is 36.4 Å². The highest BCUT2D eigenvalue weighted by molar-refractivity contribution is 7.92. The lowest BCUT2D eigenvalue weighted by Crippen LogP contribution is -2.48. The molecule has 0 saturated carbocycles. The zero-order valence-electron chi connectivity index (χ0n) is 17.9. The molecule has 0 bridgehead atoms. The van der Waals surface area contributed by atoms with Crippen molar-refractivity contribution in [1.82, 2.24) is 5.32 Å². The van der Waals surface area contributed by atoms with Gasteiger partial charge in [-0.2, -0.15) is 0 Å². The fourth-order valence-corrected chi connectivity index (χ4v) is 4.71. The summed E-state index contributed by atoms with van der Waals surface area (Å²) in [6.45, 7) is 8.14. The van der Waals surface area contributed by atoms with Gasteiger partial charge in [0.05, 0.1) is 18.0 Å². The lowest BCUT2D eigenvalue weighted by atomic mass is 10.1. The second-order valence-electron chi connectivity index (χ2n) is 7.66. The lowest BCUT2D eigenvalue weighted by molar-refractivity contribution is -0.122. The third-order valence-corrected chi connectivity index (χ3v) is 6.34. The highest BCUT2D eigenvalue weighted by atomic mass is 32.2. The first-order valence-corrected chi connectivity index (χ1v) is 11.7. The Balaban J connectivity index is 1.83. The van der Waals surface area contributed by atoms with E-state index in [0.29, 0.717) is 30.4 Å². The Bertz CT molecular complexity index is 1050. The van der Waals surface area contributed by atoms with Crippen molar-refractivity contribution in [1.29, 1.82) is 0 Å². The summed E-state index contributed by atoms with van der Waals surface area (Å²) in [6, 6.07) is 9.81. The predicted octanol–water partition coefficient (Wildman–Crippen LogP) is 3.11. The van der Waals surface area contributed by atoms with Gasteiger partial charge in [-0.3, -0.25) is 9.10 Å². The van der Waals surface area contributed by atoms with Gasteiger partial charge in [-0.25, -0.2) is 8.42 Å². The van der Waals surface area contributed by atoms with Crippen molar-refractivity contribution in [2.24, 2.45) is 0 Å². The normalized spacial score (nSPS) is 15.2. The molecule has 1 heterocycles. The summed E-state index contributed by atoms with van der Waals surface area (Å²) in [7, 11) is -3.68. The number of anilines is 1. The van der Waals surface area contributed by atoms with Crippen LogP contribution >= 0.6 is 0 Å². The summed E-state index contributed by atoms with van der Waals surface area (Å²) in [5, 5.41) is 2.92. The maximum Gasteiger partial charge on any atom is 0.244 e. The molecule has 1 aliphatic heterocycles. The van der Waals surface area contributed by atoms with Gasteiger partial charge < -0.3 is 14.8 Å². The number of fused-ring (bicyclic) bond motifs is 1. The number of sulfonamides is 1. The molecule has 3 rings (SSSR count). The van der Waals surface area contributed by atoms with Crippen LogP contribution in [0.1, 0.15) is 36.6 Å². The van der Waals surface area contributed by atoms with E-state index in [1.165, 1.54) is 4.31 Å². The van der Waals surface area contributed by atoms with E-state index in [1.54, 1.807) is 13.0 Å². The van der Waals surface area contributed by atoms with Crippen molar-refractivity contribution in [3.63, 3.8) is 0 Å². The molecule has 1 aliphatic rings. The minimum Gasteiger partial charge on any atom is -0.486 e. The van der Waals surface area contributed by atoms with Gasteiger partial charge >= 0.3 is 0 Å². The third kappa shape index (κ3) is 4.70. The number of amides is 1. The Morgan fingerprint density at radius 1 is 1.03 bits per heavy atom. The summed E-state index contributed by atoms with van der Waals surface area (Å²) in [5.74, 6) is 0.930. The van der Waals surface area contributed by atoms with Crippen molar-refractivity contribution >= 4 is 21.6 Å². The number of nitrogens with one attached hydrogen (secondary N) is 1. The van der Waals surface area contributed by atoms with E-state index in [4.69, 9.17) is 9.47 Å². The number of benzene rings is 2. The topological polar surface area (TPSA) is 84.9 Å². The molecule has 8 heteroatoms. The van der Waals surface area contributed by atoms with Gasteiger partial charge in [0.2, 0.25) is 15.9 Å². The van der Waals surface area contributed by atoms with E-state index < -0.39 is 16.1 Å². The van der Waals surface area contributed by atoms with Crippen LogP contribution in [-0.2, 0) is 14.8 Å². The van der Waals surface area contributed by atoms with Crippen LogP contribution in [0.5, 0.6) is 11.5 Å². The summed E-state index contributed by atoms with van der Waals surface area (Å²) >= 11 is 0. The van der Waals surface area contributed by atoms with Gasteiger partial charge in [0.1, 0.15) is 19.3 Å². The molecular weight excluding hydrogens is 404 g/mol. The average Bonchev–Trinajstić information content (AvgIpc) is 2.69. The largest absolute Gasteiger partial charge is 0.486 e. The van der Waals surface area contributed by atoms with E-state index in [-0.39, 0.29) is 11.9 Å². The Hall–Kier alpha value is -2.74. The number of aryl methyl sites for hydroxylation is 2. The Kier molecular flexibility index (Phi) is 6.26. The summed E-state index contributed by atoms with van der Waals surface area (Å²) < 4.78 is 37.5. The fourth-order valence-electron chi connectivity index (χ4n) is 3.48. The number of carbonyl (C=O) groups excluding carboxylic acids is 1. The number of carbonyl (C=O) groups is 1. The van der Waals surface area contributed by atoms with Crippen LogP contribution in [0.25, 0.3) is 0 Å². The Morgan fingerprint density at radius 2 is 1.70 bits per heavy atom. The minimum absolute atomic E-state index is 0.337. The summed E-state index contributed by atoms with van der Waals surface area (Å²) in [5.41, 5.74) is 3.05. The summed E-state index contributed by atoms with van der Waals surface area (Å²) in [6.07, 6.45) is 1.11. The van der Waals surface area contributed by atoms with Crippen molar-refractivity contribution < 1.29 is 22.7 Å². The zero-order chi connectivity index (χ0) is 22.1. The lowest BCUT2D eigenvalue weighted by Gasteiger charge is -2.30. The molecule has 0 radical (unpaired) electrons. The average molecular weight is 433 g/mol. The second kappa shape index (κ2) is 8.55. The maximum atomic E-state index is 13.0. The van der Waals surface area contributed by atoms with Crippen LogP contribution in [0, 0.1) is 13.8 Å². The molecule has 30 heavy (non-hydrogen) atoms. The maximum absolute atomic E-state index is 13.0. The second-order valence-corrected chi connectivity index (χ2v) is 9.52. The molecule has 2 aromatic carbocycles. The van der Waals surface area contributed by atoms with Gasteiger partial charge in [-0.1, -0.05) is 18.2 Å². The quantitative estimate of drug-likeness (QED) is 0.758. The SMILES string of the molecule is Cc1ccc(C)c(N([C@@H](C)C(=O)N[C@@H](C)c2ccc3c(c2)OCCO3)S(C)(=O)=O)c1. The van der Waals surface area contributed by atoms with Crippen LogP contribution in [0.2, 0.25) is 0 Å². The standard InChI is InChI=1S/C22H28N2O5S/c1-14-6-7-15(2)19(12-14)24(30(5,26)27)17(4)22(25)23-16(3)18-8-9-20-21(13-18)29-11-10-28-20/h6-9,12-13,16-17H,10-11H2,1-5H3,(H,23,25)/t16-,17-/m0/s1. The predicted molar refractivity (Wildman–Crippen MR) is 117 cm³/mol. The molecule has 162 valence electrons. The number of hydrogen-bond acceptors (Lipinski definition) is 5. The first-order valence-electron chi connectivity index (χ1n) is 9.84. The molecule has 2 aromatic rings. The van der Waals surface area contributed by atoms with Gasteiger partial charge in [-0.15, -0.1) is 0 Å². The molecule has 0 aromatic heterocycles. The molecule has 0 spiro atoms. The van der Waals surface area contributed by atoms with Crippen molar-refractivity contribution in [3.05, 3.63) is 53.1 Å². The van der Waals surface area contributed by atoms with E-state index >= 15 is 0 Å². The zero-order valence-corrected chi connectivity index (χ0v) is 18.7. The molecule has 1 amide bonds. The van der Waals surface area contributed by atoms with Gasteiger partial charge in [0, 0.05) is 0 Å². The van der Waals surface area contributed by atoms with Gasteiger partial charge in [-0.05, 0) is 62.6 Å². The highest BCUT2D eigenvalue weighted by Crippen LogP contribution is 2.33. The van der Waals surface area contributed by atoms with Crippen LogP contribution in [0.4, 0.5) is 5.69 Å². The molecule has 2 atom stereocenters. The van der Waals surface area contributed by atoms with Crippen LogP contribution < -0.4 is 19.1 Å². The van der Waals surface area contributed by atoms with Crippen molar-refractivity contribution in [2.45, 2.75) is 39.8 Å².